The van der Waals surface area contributed by atoms with Gasteiger partial charge in [0.15, 0.2) is 0 Å². The molecule has 110 valence electrons. The highest BCUT2D eigenvalue weighted by Gasteiger charge is 2.13. The van der Waals surface area contributed by atoms with E-state index in [2.05, 4.69) is 61.8 Å². The van der Waals surface area contributed by atoms with Crippen LogP contribution < -0.4 is 0 Å². The topological polar surface area (TPSA) is 12.9 Å². The summed E-state index contributed by atoms with van der Waals surface area (Å²) in [6.07, 6.45) is 5.82. The Kier molecular flexibility index (Phi) is 3.95. The smallest absolute Gasteiger partial charge is 0.0785 e. The van der Waals surface area contributed by atoms with Crippen molar-refractivity contribution in [3.63, 3.8) is 0 Å². The van der Waals surface area contributed by atoms with Gasteiger partial charge < -0.3 is 0 Å². The summed E-state index contributed by atoms with van der Waals surface area (Å²) in [5.74, 6) is 0. The van der Waals surface area contributed by atoms with Crippen molar-refractivity contribution in [1.82, 2.24) is 4.98 Å². The quantitative estimate of drug-likeness (QED) is 0.527. The van der Waals surface area contributed by atoms with E-state index >= 15 is 0 Å². The maximum absolute atomic E-state index is 4.57. The molecule has 0 atom stereocenters. The lowest BCUT2D eigenvalue weighted by molar-refractivity contribution is 1.32. The normalized spacial score (nSPS) is 11.9. The van der Waals surface area contributed by atoms with E-state index in [4.69, 9.17) is 0 Å². The second kappa shape index (κ2) is 5.90. The van der Waals surface area contributed by atoms with Crippen LogP contribution in [0.5, 0.6) is 0 Å². The number of thiophene rings is 1. The number of nitrogens with zero attached hydrogens (tertiary/aromatic N) is 1. The van der Waals surface area contributed by atoms with Crippen LogP contribution in [0.1, 0.15) is 23.7 Å². The Hall–Kier alpha value is -2.19. The van der Waals surface area contributed by atoms with Gasteiger partial charge in [-0.2, -0.15) is 0 Å². The minimum absolute atomic E-state index is 1.02. The number of aromatic nitrogens is 1. The molecule has 0 unspecified atom stereocenters. The highest BCUT2D eigenvalue weighted by molar-refractivity contribution is 7.22. The number of rotatable bonds is 3. The first kappa shape index (κ1) is 14.7. The molecule has 0 saturated carbocycles. The minimum atomic E-state index is 1.02. The van der Waals surface area contributed by atoms with E-state index in [0.29, 0.717) is 0 Å². The van der Waals surface area contributed by atoms with Gasteiger partial charge in [0, 0.05) is 21.2 Å². The predicted molar refractivity (Wildman–Crippen MR) is 98.4 cm³/mol. The summed E-state index contributed by atoms with van der Waals surface area (Å²) in [7, 11) is 0. The van der Waals surface area contributed by atoms with Crippen molar-refractivity contribution in [2.75, 3.05) is 0 Å². The monoisotopic (exact) mass is 305 g/mol. The molecular formula is C20H19NS. The molecule has 0 spiro atoms. The molecule has 22 heavy (non-hydrogen) atoms. The Labute approximate surface area is 135 Å². The Morgan fingerprint density at radius 1 is 1.18 bits per heavy atom. The average Bonchev–Trinajstić information content (AvgIpc) is 2.92. The molecule has 0 aliphatic rings. The van der Waals surface area contributed by atoms with Crippen LogP contribution in [-0.4, -0.2) is 4.98 Å². The molecule has 1 nitrogen and oxygen atoms in total. The fourth-order valence-electron chi connectivity index (χ4n) is 2.87. The third kappa shape index (κ3) is 2.40. The Bertz CT molecular complexity index is 864. The number of hydrogen-bond acceptors (Lipinski definition) is 2. The number of allylic oxidation sites excluding steroid dienone is 3. The van der Waals surface area contributed by atoms with E-state index in [1.807, 2.05) is 30.5 Å². The summed E-state index contributed by atoms with van der Waals surface area (Å²) in [5.41, 5.74) is 6.07. The lowest BCUT2D eigenvalue weighted by Gasteiger charge is -2.06. The molecule has 0 bridgehead atoms. The summed E-state index contributed by atoms with van der Waals surface area (Å²) in [5, 5.41) is 1.21. The van der Waals surface area contributed by atoms with Crippen molar-refractivity contribution in [1.29, 1.82) is 0 Å². The SMILES string of the molecule is C=C/C(=C\C)c1nccc2sc(-c3c(C)cccc3C)cc12. The van der Waals surface area contributed by atoms with Gasteiger partial charge in [0.05, 0.1) is 5.69 Å². The molecule has 3 aromatic rings. The first-order valence-electron chi connectivity index (χ1n) is 7.40. The highest BCUT2D eigenvalue weighted by Crippen LogP contribution is 2.38. The molecular weight excluding hydrogens is 286 g/mol. The molecule has 0 amide bonds. The van der Waals surface area contributed by atoms with E-state index in [-0.39, 0.29) is 0 Å². The number of fused-ring (bicyclic) bond motifs is 1. The Balaban J connectivity index is 2.27. The Morgan fingerprint density at radius 2 is 1.91 bits per heavy atom. The van der Waals surface area contributed by atoms with Gasteiger partial charge in [0.2, 0.25) is 0 Å². The minimum Gasteiger partial charge on any atom is -0.256 e. The number of pyridine rings is 1. The van der Waals surface area contributed by atoms with Crippen LogP contribution >= 0.6 is 11.3 Å². The molecule has 0 aliphatic heterocycles. The molecule has 2 heterocycles. The lowest BCUT2D eigenvalue weighted by Crippen LogP contribution is -1.86. The molecule has 2 aromatic heterocycles. The molecule has 3 rings (SSSR count). The van der Waals surface area contributed by atoms with Crippen LogP contribution in [0.4, 0.5) is 0 Å². The fourth-order valence-corrected chi connectivity index (χ4v) is 4.10. The van der Waals surface area contributed by atoms with Crippen molar-refractivity contribution < 1.29 is 0 Å². The van der Waals surface area contributed by atoms with Gasteiger partial charge >= 0.3 is 0 Å². The van der Waals surface area contributed by atoms with E-state index < -0.39 is 0 Å². The third-order valence-corrected chi connectivity index (χ3v) is 5.10. The predicted octanol–water partition coefficient (Wildman–Crippen LogP) is 6.17. The number of aryl methyl sites for hydroxylation is 2. The van der Waals surface area contributed by atoms with Crippen LogP contribution in [0, 0.1) is 13.8 Å². The van der Waals surface area contributed by atoms with Crippen LogP contribution in [0.25, 0.3) is 26.1 Å². The zero-order valence-electron chi connectivity index (χ0n) is 13.2. The van der Waals surface area contributed by atoms with Gasteiger partial charge in [-0.1, -0.05) is 36.9 Å². The summed E-state index contributed by atoms with van der Waals surface area (Å²) in [4.78, 5) is 5.87. The first-order chi connectivity index (χ1) is 10.7. The molecule has 0 N–H and O–H groups in total. The first-order valence-corrected chi connectivity index (χ1v) is 8.21. The molecule has 2 heteroatoms. The van der Waals surface area contributed by atoms with Crippen LogP contribution in [-0.2, 0) is 0 Å². The van der Waals surface area contributed by atoms with Crippen molar-refractivity contribution in [3.05, 3.63) is 72.1 Å². The van der Waals surface area contributed by atoms with E-state index in [9.17, 15) is 0 Å². The van der Waals surface area contributed by atoms with E-state index in [1.165, 1.54) is 31.7 Å². The lowest BCUT2D eigenvalue weighted by atomic mass is 10.0. The second-order valence-corrected chi connectivity index (χ2v) is 6.48. The number of benzene rings is 1. The average molecular weight is 305 g/mol. The van der Waals surface area contributed by atoms with Crippen molar-refractivity contribution in [3.8, 4) is 10.4 Å². The summed E-state index contributed by atoms with van der Waals surface area (Å²) in [6, 6.07) is 10.8. The van der Waals surface area contributed by atoms with Gasteiger partial charge in [-0.25, -0.2) is 0 Å². The van der Waals surface area contributed by atoms with E-state index in [1.54, 1.807) is 0 Å². The zero-order valence-corrected chi connectivity index (χ0v) is 14.0. The second-order valence-electron chi connectivity index (χ2n) is 5.40. The summed E-state index contributed by atoms with van der Waals surface area (Å²) < 4.78 is 1.27. The molecule has 0 fully saturated rings. The molecule has 0 radical (unpaired) electrons. The van der Waals surface area contributed by atoms with Gasteiger partial charge in [-0.15, -0.1) is 11.3 Å². The summed E-state index contributed by atoms with van der Waals surface area (Å²) >= 11 is 1.83. The van der Waals surface area contributed by atoms with Crippen molar-refractivity contribution in [2.24, 2.45) is 0 Å². The van der Waals surface area contributed by atoms with Gasteiger partial charge in [0.25, 0.3) is 0 Å². The van der Waals surface area contributed by atoms with Crippen LogP contribution in [0.15, 0.2) is 55.3 Å². The van der Waals surface area contributed by atoms with Crippen LogP contribution in [0.2, 0.25) is 0 Å². The maximum atomic E-state index is 4.57. The zero-order chi connectivity index (χ0) is 15.7. The summed E-state index contributed by atoms with van der Waals surface area (Å²) in [6.45, 7) is 10.3. The van der Waals surface area contributed by atoms with Crippen molar-refractivity contribution in [2.45, 2.75) is 20.8 Å². The largest absolute Gasteiger partial charge is 0.256 e. The van der Waals surface area contributed by atoms with E-state index in [0.717, 1.165) is 11.3 Å². The standard InChI is InChI=1S/C20H19NS/c1-5-15(6-2)20-16-12-18(22-17(16)10-11-21-20)19-13(3)8-7-9-14(19)4/h5-12H,1H2,2-4H3/b15-6+. The molecule has 0 saturated heterocycles. The van der Waals surface area contributed by atoms with Crippen molar-refractivity contribution >= 4 is 27.0 Å². The molecule has 1 aromatic carbocycles. The molecule has 0 aliphatic carbocycles. The third-order valence-electron chi connectivity index (χ3n) is 3.98. The van der Waals surface area contributed by atoms with Gasteiger partial charge in [0.1, 0.15) is 0 Å². The number of hydrogen-bond donors (Lipinski definition) is 0. The maximum Gasteiger partial charge on any atom is 0.0785 e. The van der Waals surface area contributed by atoms with Gasteiger partial charge in [-0.3, -0.25) is 4.98 Å². The Morgan fingerprint density at radius 3 is 2.55 bits per heavy atom. The van der Waals surface area contributed by atoms with Crippen LogP contribution in [0.3, 0.4) is 0 Å². The van der Waals surface area contributed by atoms with Gasteiger partial charge in [-0.05, 0) is 55.2 Å². The highest BCUT2D eigenvalue weighted by atomic mass is 32.1. The fraction of sp³-hybridized carbons (Fsp3) is 0.150.